The molecular formula is C15H27NSi. The van der Waals surface area contributed by atoms with Gasteiger partial charge in [0.05, 0.1) is 0 Å². The van der Waals surface area contributed by atoms with Gasteiger partial charge in [-0.25, -0.2) is 0 Å². The van der Waals surface area contributed by atoms with Gasteiger partial charge in [0.2, 0.25) is 0 Å². The lowest BCUT2D eigenvalue weighted by Gasteiger charge is -2.33. The molecule has 1 aliphatic rings. The smallest absolute Gasteiger partial charge is 0.151 e. The molecule has 2 heteroatoms. The Morgan fingerprint density at radius 1 is 1.41 bits per heavy atom. The molecule has 0 aliphatic heterocycles. The van der Waals surface area contributed by atoms with Crippen molar-refractivity contribution >= 4 is 8.24 Å². The van der Waals surface area contributed by atoms with E-state index in [9.17, 15) is 0 Å². The Morgan fingerprint density at radius 2 is 2.06 bits per heavy atom. The summed E-state index contributed by atoms with van der Waals surface area (Å²) in [5.41, 5.74) is 0.198. The van der Waals surface area contributed by atoms with E-state index in [1.165, 1.54) is 6.42 Å². The molecule has 1 atom stereocenters. The van der Waals surface area contributed by atoms with E-state index in [4.69, 9.17) is 0 Å². The Morgan fingerprint density at radius 3 is 2.59 bits per heavy atom. The number of hydrogen-bond acceptors (Lipinski definition) is 1. The summed E-state index contributed by atoms with van der Waals surface area (Å²) < 4.78 is 0. The van der Waals surface area contributed by atoms with Gasteiger partial charge >= 0.3 is 0 Å². The van der Waals surface area contributed by atoms with Crippen LogP contribution < -0.4 is 4.98 Å². The molecule has 0 bridgehead atoms. The molecule has 17 heavy (non-hydrogen) atoms. The van der Waals surface area contributed by atoms with Crippen molar-refractivity contribution < 1.29 is 0 Å². The predicted octanol–water partition coefficient (Wildman–Crippen LogP) is 4.20. The zero-order valence-corrected chi connectivity index (χ0v) is 13.0. The Hall–Kier alpha value is -0.603. The predicted molar refractivity (Wildman–Crippen MR) is 80.5 cm³/mol. The van der Waals surface area contributed by atoms with Crippen molar-refractivity contribution in [3.63, 3.8) is 0 Å². The first-order valence-corrected chi connectivity index (χ1v) is 9.55. The van der Waals surface area contributed by atoms with Crippen molar-refractivity contribution in [3.8, 4) is 0 Å². The molecule has 0 saturated heterocycles. The molecule has 1 aliphatic carbocycles. The van der Waals surface area contributed by atoms with Crippen LogP contribution in [0, 0.1) is 5.92 Å². The van der Waals surface area contributed by atoms with E-state index in [1.807, 2.05) is 6.08 Å². The summed E-state index contributed by atoms with van der Waals surface area (Å²) in [6.07, 6.45) is 11.4. The summed E-state index contributed by atoms with van der Waals surface area (Å²) in [7, 11) is -1.49. The number of rotatable bonds is 5. The number of allylic oxidation sites excluding steroid dienone is 5. The maximum atomic E-state index is 3.81. The van der Waals surface area contributed by atoms with E-state index in [0.717, 1.165) is 6.42 Å². The number of nitrogens with one attached hydrogen (secondary N) is 1. The second-order valence-electron chi connectivity index (χ2n) is 6.51. The van der Waals surface area contributed by atoms with Crippen LogP contribution in [0.25, 0.3) is 0 Å². The fourth-order valence-electron chi connectivity index (χ4n) is 2.49. The molecule has 1 rings (SSSR count). The van der Waals surface area contributed by atoms with Crippen molar-refractivity contribution in [1.29, 1.82) is 0 Å². The fraction of sp³-hybridized carbons (Fsp3) is 0.600. The summed E-state index contributed by atoms with van der Waals surface area (Å²) in [5.74, 6) is 0.622. The van der Waals surface area contributed by atoms with Gasteiger partial charge in [-0.2, -0.15) is 0 Å². The van der Waals surface area contributed by atoms with Crippen LogP contribution in [0.1, 0.15) is 33.6 Å². The molecule has 0 radical (unpaired) electrons. The van der Waals surface area contributed by atoms with Crippen LogP contribution in [-0.4, -0.2) is 13.8 Å². The molecule has 0 saturated carbocycles. The molecular weight excluding hydrogens is 222 g/mol. The van der Waals surface area contributed by atoms with Crippen LogP contribution in [0.4, 0.5) is 0 Å². The summed E-state index contributed by atoms with van der Waals surface area (Å²) >= 11 is 0. The minimum absolute atomic E-state index is 0.198. The highest BCUT2D eigenvalue weighted by atomic mass is 28.3. The molecule has 1 N–H and O–H groups in total. The zero-order valence-electron chi connectivity index (χ0n) is 12.0. The lowest BCUT2D eigenvalue weighted by Crippen LogP contribution is -2.55. The number of hydrogen-bond donors (Lipinski definition) is 1. The minimum atomic E-state index is -1.49. The summed E-state index contributed by atoms with van der Waals surface area (Å²) in [5, 5.41) is 1.54. The molecule has 0 heterocycles. The Bertz CT molecular complexity index is 331. The van der Waals surface area contributed by atoms with E-state index in [1.54, 1.807) is 5.20 Å². The van der Waals surface area contributed by atoms with Gasteiger partial charge in [-0.05, 0) is 44.7 Å². The first-order valence-electron chi connectivity index (χ1n) is 6.55. The second kappa shape index (κ2) is 5.36. The summed E-state index contributed by atoms with van der Waals surface area (Å²) in [6.45, 7) is 15.3. The SMILES string of the molecule is C=CCCC1C=CC([Si](C)(C)NC(C)(C)C)=C1. The van der Waals surface area contributed by atoms with Gasteiger partial charge in [0.25, 0.3) is 0 Å². The van der Waals surface area contributed by atoms with Crippen LogP contribution >= 0.6 is 0 Å². The normalized spacial score (nSPS) is 20.5. The largest absolute Gasteiger partial charge is 0.329 e. The third-order valence-corrected chi connectivity index (χ3v) is 6.18. The fourth-order valence-corrected chi connectivity index (χ4v) is 5.65. The second-order valence-corrected chi connectivity index (χ2v) is 10.6. The van der Waals surface area contributed by atoms with E-state index in [0.29, 0.717) is 5.92 Å². The van der Waals surface area contributed by atoms with Gasteiger partial charge in [0.15, 0.2) is 8.24 Å². The molecule has 1 unspecified atom stereocenters. The lowest BCUT2D eigenvalue weighted by molar-refractivity contribution is 0.514. The first kappa shape index (κ1) is 14.5. The summed E-state index contributed by atoms with van der Waals surface area (Å²) in [6, 6.07) is 0. The monoisotopic (exact) mass is 249 g/mol. The van der Waals surface area contributed by atoms with Gasteiger partial charge in [-0.1, -0.05) is 37.4 Å². The van der Waals surface area contributed by atoms with Gasteiger partial charge in [-0.15, -0.1) is 6.58 Å². The molecule has 0 spiro atoms. The van der Waals surface area contributed by atoms with Gasteiger partial charge in [-0.3, -0.25) is 0 Å². The Labute approximate surface area is 108 Å². The quantitative estimate of drug-likeness (QED) is 0.569. The average Bonchev–Trinajstić information content (AvgIpc) is 2.59. The zero-order chi connectivity index (χ0) is 13.1. The highest BCUT2D eigenvalue weighted by Crippen LogP contribution is 2.27. The highest BCUT2D eigenvalue weighted by molar-refractivity contribution is 6.82. The topological polar surface area (TPSA) is 12.0 Å². The van der Waals surface area contributed by atoms with Crippen LogP contribution in [0.2, 0.25) is 13.1 Å². The van der Waals surface area contributed by atoms with Crippen LogP contribution in [-0.2, 0) is 0 Å². The van der Waals surface area contributed by atoms with Crippen molar-refractivity contribution in [2.75, 3.05) is 0 Å². The molecule has 0 aromatic rings. The molecule has 0 aromatic carbocycles. The van der Waals surface area contributed by atoms with Gasteiger partial charge in [0.1, 0.15) is 0 Å². The van der Waals surface area contributed by atoms with E-state index in [2.05, 4.69) is 63.7 Å². The maximum Gasteiger partial charge on any atom is 0.151 e. The Balaban J connectivity index is 2.68. The van der Waals surface area contributed by atoms with Crippen LogP contribution in [0.3, 0.4) is 0 Å². The van der Waals surface area contributed by atoms with Crippen molar-refractivity contribution in [2.24, 2.45) is 5.92 Å². The molecule has 0 fully saturated rings. The van der Waals surface area contributed by atoms with E-state index < -0.39 is 8.24 Å². The van der Waals surface area contributed by atoms with Crippen molar-refractivity contribution in [2.45, 2.75) is 52.2 Å². The molecule has 0 amide bonds. The molecule has 1 nitrogen and oxygen atoms in total. The van der Waals surface area contributed by atoms with Crippen molar-refractivity contribution in [1.82, 2.24) is 4.98 Å². The van der Waals surface area contributed by atoms with Crippen molar-refractivity contribution in [3.05, 3.63) is 36.1 Å². The maximum absolute atomic E-state index is 3.81. The molecule has 0 aromatic heterocycles. The van der Waals surface area contributed by atoms with E-state index in [-0.39, 0.29) is 5.54 Å². The Kier molecular flexibility index (Phi) is 4.56. The van der Waals surface area contributed by atoms with Gasteiger partial charge in [0, 0.05) is 5.54 Å². The summed E-state index contributed by atoms with van der Waals surface area (Å²) in [4.78, 5) is 3.81. The first-order chi connectivity index (χ1) is 7.74. The lowest BCUT2D eigenvalue weighted by atomic mass is 10.1. The average molecular weight is 249 g/mol. The van der Waals surface area contributed by atoms with Gasteiger partial charge < -0.3 is 4.98 Å². The van der Waals surface area contributed by atoms with Crippen LogP contribution in [0.5, 0.6) is 0 Å². The standard InChI is InChI=1S/C15H27NSi/c1-7-8-9-13-10-11-14(12-13)17(5,6)16-15(2,3)4/h7,10-13,16H,1,8-9H2,2-6H3. The highest BCUT2D eigenvalue weighted by Gasteiger charge is 2.31. The third-order valence-electron chi connectivity index (χ3n) is 3.03. The van der Waals surface area contributed by atoms with E-state index >= 15 is 0 Å². The molecule has 96 valence electrons. The minimum Gasteiger partial charge on any atom is -0.329 e. The van der Waals surface area contributed by atoms with Crippen LogP contribution in [0.15, 0.2) is 36.1 Å². The third kappa shape index (κ3) is 4.64.